The highest BCUT2D eigenvalue weighted by Crippen LogP contribution is 2.29. The molecule has 102 valence electrons. The summed E-state index contributed by atoms with van der Waals surface area (Å²) < 4.78 is 1.07. The van der Waals surface area contributed by atoms with Gasteiger partial charge in [0.25, 0.3) is 0 Å². The normalized spacial score (nSPS) is 10.9. The minimum atomic E-state index is 0.303. The maximum absolute atomic E-state index is 5.76. The third-order valence-electron chi connectivity index (χ3n) is 2.91. The molecule has 0 atom stereocenters. The van der Waals surface area contributed by atoms with Gasteiger partial charge in [0.05, 0.1) is 5.39 Å². The largest absolute Gasteiger partial charge is 0.368 e. The van der Waals surface area contributed by atoms with Crippen LogP contribution in [0.25, 0.3) is 10.2 Å². The summed E-state index contributed by atoms with van der Waals surface area (Å²) in [5.41, 5.74) is 6.95. The molecule has 3 rings (SSSR count). The monoisotopic (exact) mass is 348 g/mol. The lowest BCUT2D eigenvalue weighted by Gasteiger charge is -2.07. The molecular formula is C14H13BrN4S. The van der Waals surface area contributed by atoms with Gasteiger partial charge in [0.1, 0.15) is 10.6 Å². The zero-order valence-corrected chi connectivity index (χ0v) is 13.3. The standard InChI is InChI=1S/C14H13BrN4S/c1-8-6-11-12(18-14(16)19-13(11)20-8)17-7-9-2-4-10(15)5-3-9/h2-6H,7H2,1H3,(H3,16,17,18,19). The fraction of sp³-hybridized carbons (Fsp3) is 0.143. The van der Waals surface area contributed by atoms with E-state index < -0.39 is 0 Å². The predicted molar refractivity (Wildman–Crippen MR) is 88.0 cm³/mol. The number of fused-ring (bicyclic) bond motifs is 1. The van der Waals surface area contributed by atoms with Crippen molar-refractivity contribution in [2.24, 2.45) is 0 Å². The number of hydrogen-bond acceptors (Lipinski definition) is 5. The van der Waals surface area contributed by atoms with Crippen molar-refractivity contribution in [3.05, 3.63) is 45.2 Å². The van der Waals surface area contributed by atoms with Gasteiger partial charge in [-0.3, -0.25) is 0 Å². The first-order chi connectivity index (χ1) is 9.61. The molecule has 0 bridgehead atoms. The van der Waals surface area contributed by atoms with Gasteiger partial charge in [0, 0.05) is 15.9 Å². The van der Waals surface area contributed by atoms with Gasteiger partial charge in [0.2, 0.25) is 5.95 Å². The summed E-state index contributed by atoms with van der Waals surface area (Å²) in [7, 11) is 0. The van der Waals surface area contributed by atoms with Crippen LogP contribution in [-0.2, 0) is 6.54 Å². The Morgan fingerprint density at radius 3 is 2.75 bits per heavy atom. The minimum Gasteiger partial charge on any atom is -0.368 e. The first-order valence-electron chi connectivity index (χ1n) is 6.14. The number of nitrogens with zero attached hydrogens (tertiary/aromatic N) is 2. The third kappa shape index (κ3) is 2.76. The number of thiophene rings is 1. The SMILES string of the molecule is Cc1cc2c(NCc3ccc(Br)cc3)nc(N)nc2s1. The number of hydrogen-bond donors (Lipinski definition) is 2. The van der Waals surface area contributed by atoms with E-state index in [1.54, 1.807) is 11.3 Å². The quantitative estimate of drug-likeness (QED) is 0.751. The number of aryl methyl sites for hydroxylation is 1. The van der Waals surface area contributed by atoms with Gasteiger partial charge in [-0.2, -0.15) is 4.98 Å². The van der Waals surface area contributed by atoms with E-state index in [0.29, 0.717) is 12.5 Å². The lowest BCUT2D eigenvalue weighted by atomic mass is 10.2. The Labute approximate surface area is 129 Å². The predicted octanol–water partition coefficient (Wildman–Crippen LogP) is 3.96. The summed E-state index contributed by atoms with van der Waals surface area (Å²) in [4.78, 5) is 10.7. The van der Waals surface area contributed by atoms with E-state index in [1.165, 1.54) is 10.4 Å². The molecule has 3 N–H and O–H groups in total. The van der Waals surface area contributed by atoms with Crippen LogP contribution in [0.5, 0.6) is 0 Å². The number of nitrogen functional groups attached to an aromatic ring is 1. The molecule has 0 unspecified atom stereocenters. The van der Waals surface area contributed by atoms with E-state index in [1.807, 2.05) is 12.1 Å². The molecule has 1 aromatic carbocycles. The smallest absolute Gasteiger partial charge is 0.223 e. The van der Waals surface area contributed by atoms with E-state index in [4.69, 9.17) is 5.73 Å². The number of benzene rings is 1. The van der Waals surface area contributed by atoms with Crippen LogP contribution in [0.15, 0.2) is 34.8 Å². The first-order valence-corrected chi connectivity index (χ1v) is 7.75. The summed E-state index contributed by atoms with van der Waals surface area (Å²) in [6.07, 6.45) is 0. The van der Waals surface area contributed by atoms with Crippen molar-refractivity contribution in [3.8, 4) is 0 Å². The number of halogens is 1. The van der Waals surface area contributed by atoms with E-state index >= 15 is 0 Å². The maximum Gasteiger partial charge on any atom is 0.223 e. The van der Waals surface area contributed by atoms with Crippen LogP contribution in [0.4, 0.5) is 11.8 Å². The molecular weight excluding hydrogens is 336 g/mol. The Morgan fingerprint density at radius 1 is 1.25 bits per heavy atom. The number of nitrogens with two attached hydrogens (primary N) is 1. The second-order valence-electron chi connectivity index (χ2n) is 4.49. The van der Waals surface area contributed by atoms with Gasteiger partial charge in [0.15, 0.2) is 0 Å². The second-order valence-corrected chi connectivity index (χ2v) is 6.64. The van der Waals surface area contributed by atoms with Crippen molar-refractivity contribution in [1.82, 2.24) is 9.97 Å². The topological polar surface area (TPSA) is 63.8 Å². The Bertz CT molecular complexity index is 752. The van der Waals surface area contributed by atoms with Crippen LogP contribution in [0.3, 0.4) is 0 Å². The Hall–Kier alpha value is -1.66. The molecule has 0 spiro atoms. The average molecular weight is 349 g/mol. The minimum absolute atomic E-state index is 0.303. The first kappa shape index (κ1) is 13.3. The molecule has 20 heavy (non-hydrogen) atoms. The fourth-order valence-electron chi connectivity index (χ4n) is 1.98. The third-order valence-corrected chi connectivity index (χ3v) is 4.38. The van der Waals surface area contributed by atoms with Crippen LogP contribution >= 0.6 is 27.3 Å². The molecule has 0 amide bonds. The van der Waals surface area contributed by atoms with Gasteiger partial charge in [-0.1, -0.05) is 28.1 Å². The van der Waals surface area contributed by atoms with Gasteiger partial charge >= 0.3 is 0 Å². The molecule has 0 radical (unpaired) electrons. The van der Waals surface area contributed by atoms with E-state index in [9.17, 15) is 0 Å². The second kappa shape index (κ2) is 5.38. The molecule has 0 fully saturated rings. The van der Waals surface area contributed by atoms with Crippen molar-refractivity contribution in [3.63, 3.8) is 0 Å². The summed E-state index contributed by atoms with van der Waals surface area (Å²) >= 11 is 5.06. The number of nitrogens with one attached hydrogen (secondary N) is 1. The zero-order chi connectivity index (χ0) is 14.1. The van der Waals surface area contributed by atoms with Crippen LogP contribution in [0.2, 0.25) is 0 Å². The van der Waals surface area contributed by atoms with Crippen molar-refractivity contribution in [1.29, 1.82) is 0 Å². The van der Waals surface area contributed by atoms with Gasteiger partial charge in [-0.05, 0) is 30.7 Å². The number of aromatic nitrogens is 2. The molecule has 0 saturated carbocycles. The highest BCUT2D eigenvalue weighted by molar-refractivity contribution is 9.10. The Morgan fingerprint density at radius 2 is 2.00 bits per heavy atom. The average Bonchev–Trinajstić information content (AvgIpc) is 2.78. The summed E-state index contributed by atoms with van der Waals surface area (Å²) in [6.45, 7) is 2.76. The highest BCUT2D eigenvalue weighted by atomic mass is 79.9. The van der Waals surface area contributed by atoms with Crippen molar-refractivity contribution in [2.75, 3.05) is 11.1 Å². The van der Waals surface area contributed by atoms with Crippen LogP contribution < -0.4 is 11.1 Å². The molecule has 6 heteroatoms. The fourth-order valence-corrected chi connectivity index (χ4v) is 3.13. The van der Waals surface area contributed by atoms with Crippen molar-refractivity contribution in [2.45, 2.75) is 13.5 Å². The maximum atomic E-state index is 5.76. The molecule has 2 aromatic heterocycles. The Balaban J connectivity index is 1.88. The van der Waals surface area contributed by atoms with Crippen LogP contribution in [0.1, 0.15) is 10.4 Å². The molecule has 0 saturated heterocycles. The number of anilines is 2. The molecule has 0 aliphatic heterocycles. The van der Waals surface area contributed by atoms with Gasteiger partial charge in [-0.15, -0.1) is 11.3 Å². The Kier molecular flexibility index (Phi) is 3.58. The van der Waals surface area contributed by atoms with Crippen molar-refractivity contribution >= 4 is 49.2 Å². The summed E-state index contributed by atoms with van der Waals surface area (Å²) in [5, 5.41) is 4.36. The zero-order valence-electron chi connectivity index (χ0n) is 10.9. The molecule has 3 aromatic rings. The molecule has 2 heterocycles. The summed E-state index contributed by atoms with van der Waals surface area (Å²) in [6, 6.07) is 10.3. The van der Waals surface area contributed by atoms with Crippen molar-refractivity contribution < 1.29 is 0 Å². The number of rotatable bonds is 3. The lowest BCUT2D eigenvalue weighted by Crippen LogP contribution is -2.04. The molecule has 4 nitrogen and oxygen atoms in total. The lowest BCUT2D eigenvalue weighted by molar-refractivity contribution is 1.11. The van der Waals surface area contributed by atoms with Crippen LogP contribution in [0, 0.1) is 6.92 Å². The molecule has 0 aliphatic carbocycles. The molecule has 0 aliphatic rings. The summed E-state index contributed by atoms with van der Waals surface area (Å²) in [5.74, 6) is 1.09. The highest BCUT2D eigenvalue weighted by Gasteiger charge is 2.09. The van der Waals surface area contributed by atoms with Gasteiger partial charge < -0.3 is 11.1 Å². The van der Waals surface area contributed by atoms with E-state index in [2.05, 4.69) is 56.3 Å². The van der Waals surface area contributed by atoms with Crippen LogP contribution in [-0.4, -0.2) is 9.97 Å². The van der Waals surface area contributed by atoms with E-state index in [0.717, 1.165) is 20.5 Å². The van der Waals surface area contributed by atoms with Gasteiger partial charge in [-0.25, -0.2) is 4.98 Å². The van der Waals surface area contributed by atoms with E-state index in [-0.39, 0.29) is 0 Å².